The molecule has 0 bridgehead atoms. The molecule has 24 heavy (non-hydrogen) atoms. The van der Waals surface area contributed by atoms with Crippen LogP contribution in [-0.4, -0.2) is 38.2 Å². The van der Waals surface area contributed by atoms with Gasteiger partial charge in [0.05, 0.1) is 4.90 Å². The predicted molar refractivity (Wildman–Crippen MR) is 105 cm³/mol. The van der Waals surface area contributed by atoms with Gasteiger partial charge < -0.3 is 10.6 Å². The summed E-state index contributed by atoms with van der Waals surface area (Å²) in [5.74, 6) is 0. The van der Waals surface area contributed by atoms with Crippen LogP contribution in [0.15, 0.2) is 58.3 Å². The maximum Gasteiger partial charge on any atom is 0.242 e. The minimum Gasteiger partial charge on any atom is -0.332 e. The van der Waals surface area contributed by atoms with Gasteiger partial charge in [0.25, 0.3) is 0 Å². The second kappa shape index (κ2) is 7.98. The average Bonchev–Trinajstić information content (AvgIpc) is 2.55. The molecule has 5 nitrogen and oxygen atoms in total. The molecule has 0 aliphatic rings. The molecule has 0 aliphatic carbocycles. The fourth-order valence-electron chi connectivity index (χ4n) is 1.91. The third kappa shape index (κ3) is 4.70. The van der Waals surface area contributed by atoms with Crippen molar-refractivity contribution in [3.8, 4) is 0 Å². The summed E-state index contributed by atoms with van der Waals surface area (Å²) in [5, 5.41) is 6.47. The van der Waals surface area contributed by atoms with Crippen LogP contribution in [-0.2, 0) is 10.0 Å². The van der Waals surface area contributed by atoms with Crippen LogP contribution in [0.1, 0.15) is 0 Å². The smallest absolute Gasteiger partial charge is 0.242 e. The lowest BCUT2D eigenvalue weighted by Crippen LogP contribution is -2.23. The summed E-state index contributed by atoms with van der Waals surface area (Å²) in [6, 6.07) is 14.4. The molecule has 0 heterocycles. The van der Waals surface area contributed by atoms with E-state index in [2.05, 4.69) is 10.6 Å². The lowest BCUT2D eigenvalue weighted by molar-refractivity contribution is 0.521. The molecule has 0 aliphatic heterocycles. The Morgan fingerprint density at radius 3 is 2.25 bits per heavy atom. The van der Waals surface area contributed by atoms with E-state index in [-0.39, 0.29) is 4.90 Å². The van der Waals surface area contributed by atoms with Crippen molar-refractivity contribution >= 4 is 50.5 Å². The molecular formula is C16H19N3O2S3. The highest BCUT2D eigenvalue weighted by atomic mass is 32.2. The van der Waals surface area contributed by atoms with E-state index in [1.165, 1.54) is 23.3 Å². The van der Waals surface area contributed by atoms with Gasteiger partial charge in [-0.1, -0.05) is 6.07 Å². The van der Waals surface area contributed by atoms with Gasteiger partial charge in [-0.05, 0) is 60.9 Å². The van der Waals surface area contributed by atoms with Crippen LogP contribution in [0.5, 0.6) is 0 Å². The SMILES string of the molecule is CSc1ccc(NC(=S)Nc2cccc(S(=O)(=O)N(C)C)c2)cc1. The lowest BCUT2D eigenvalue weighted by Gasteiger charge is -2.14. The molecule has 0 fully saturated rings. The van der Waals surface area contributed by atoms with Crippen molar-refractivity contribution in [1.82, 2.24) is 4.31 Å². The van der Waals surface area contributed by atoms with E-state index in [0.717, 1.165) is 5.69 Å². The molecule has 0 radical (unpaired) electrons. The zero-order valence-corrected chi connectivity index (χ0v) is 16.1. The van der Waals surface area contributed by atoms with Crippen molar-refractivity contribution < 1.29 is 8.42 Å². The Bertz CT molecular complexity index is 819. The summed E-state index contributed by atoms with van der Waals surface area (Å²) in [6.45, 7) is 0. The van der Waals surface area contributed by atoms with Crippen molar-refractivity contribution in [3.05, 3.63) is 48.5 Å². The fourth-order valence-corrected chi connectivity index (χ4v) is 3.50. The second-order valence-electron chi connectivity index (χ2n) is 5.12. The first-order chi connectivity index (χ1) is 11.3. The number of benzene rings is 2. The molecule has 0 amide bonds. The minimum atomic E-state index is -3.47. The Kier molecular flexibility index (Phi) is 6.22. The topological polar surface area (TPSA) is 61.4 Å². The van der Waals surface area contributed by atoms with Crippen LogP contribution < -0.4 is 10.6 Å². The van der Waals surface area contributed by atoms with Crippen molar-refractivity contribution in [1.29, 1.82) is 0 Å². The Balaban J connectivity index is 2.09. The number of thiocarbonyl (C=S) groups is 1. The molecule has 0 atom stereocenters. The lowest BCUT2D eigenvalue weighted by atomic mass is 10.3. The Hall–Kier alpha value is -1.61. The molecule has 2 aromatic carbocycles. The van der Waals surface area contributed by atoms with E-state index < -0.39 is 10.0 Å². The third-order valence-electron chi connectivity index (χ3n) is 3.22. The van der Waals surface area contributed by atoms with E-state index in [9.17, 15) is 8.42 Å². The average molecular weight is 382 g/mol. The van der Waals surface area contributed by atoms with Crippen LogP contribution in [0.25, 0.3) is 0 Å². The van der Waals surface area contributed by atoms with Gasteiger partial charge >= 0.3 is 0 Å². The van der Waals surface area contributed by atoms with Crippen LogP contribution >= 0.6 is 24.0 Å². The van der Waals surface area contributed by atoms with Crippen molar-refractivity contribution in [2.75, 3.05) is 31.0 Å². The highest BCUT2D eigenvalue weighted by Gasteiger charge is 2.17. The van der Waals surface area contributed by atoms with E-state index in [1.807, 2.05) is 30.5 Å². The van der Waals surface area contributed by atoms with Gasteiger partial charge in [0.15, 0.2) is 5.11 Å². The first-order valence-electron chi connectivity index (χ1n) is 7.07. The van der Waals surface area contributed by atoms with Gasteiger partial charge in [-0.3, -0.25) is 0 Å². The standard InChI is InChI=1S/C16H19N3O2S3/c1-19(2)24(20,21)15-6-4-5-13(11-15)18-16(22)17-12-7-9-14(23-3)10-8-12/h4-11H,1-3H3,(H2,17,18,22). The number of sulfonamides is 1. The second-order valence-corrected chi connectivity index (χ2v) is 8.56. The first kappa shape index (κ1) is 18.7. The molecule has 0 saturated carbocycles. The van der Waals surface area contributed by atoms with Gasteiger partial charge in [-0.2, -0.15) is 0 Å². The molecular weight excluding hydrogens is 362 g/mol. The minimum absolute atomic E-state index is 0.213. The van der Waals surface area contributed by atoms with Gasteiger partial charge in [-0.15, -0.1) is 11.8 Å². The fraction of sp³-hybridized carbons (Fsp3) is 0.188. The molecule has 2 N–H and O–H groups in total. The van der Waals surface area contributed by atoms with E-state index >= 15 is 0 Å². The van der Waals surface area contributed by atoms with Crippen LogP contribution in [0.2, 0.25) is 0 Å². The molecule has 2 aromatic rings. The van der Waals surface area contributed by atoms with Crippen LogP contribution in [0.3, 0.4) is 0 Å². The number of anilines is 2. The van der Waals surface area contributed by atoms with E-state index in [4.69, 9.17) is 12.2 Å². The number of rotatable bonds is 5. The van der Waals surface area contributed by atoms with Gasteiger partial charge in [0, 0.05) is 30.4 Å². The summed E-state index contributed by atoms with van der Waals surface area (Å²) < 4.78 is 25.5. The summed E-state index contributed by atoms with van der Waals surface area (Å²) in [4.78, 5) is 1.38. The maximum atomic E-state index is 12.2. The van der Waals surface area contributed by atoms with E-state index in [1.54, 1.807) is 36.0 Å². The highest BCUT2D eigenvalue weighted by molar-refractivity contribution is 7.98. The van der Waals surface area contributed by atoms with Gasteiger partial charge in [0.2, 0.25) is 10.0 Å². The van der Waals surface area contributed by atoms with E-state index in [0.29, 0.717) is 10.8 Å². The van der Waals surface area contributed by atoms with Crippen molar-refractivity contribution in [3.63, 3.8) is 0 Å². The quantitative estimate of drug-likeness (QED) is 0.611. The predicted octanol–water partition coefficient (Wildman–Crippen LogP) is 3.47. The monoisotopic (exact) mass is 381 g/mol. The zero-order chi connectivity index (χ0) is 17.7. The molecule has 0 saturated heterocycles. The summed E-state index contributed by atoms with van der Waals surface area (Å²) >= 11 is 6.95. The summed E-state index contributed by atoms with van der Waals surface area (Å²) in [7, 11) is -0.475. The number of hydrogen-bond donors (Lipinski definition) is 2. The molecule has 0 unspecified atom stereocenters. The third-order valence-corrected chi connectivity index (χ3v) is 5.98. The normalized spacial score (nSPS) is 11.3. The molecule has 0 spiro atoms. The van der Waals surface area contributed by atoms with Crippen molar-refractivity contribution in [2.24, 2.45) is 0 Å². The zero-order valence-electron chi connectivity index (χ0n) is 13.6. The van der Waals surface area contributed by atoms with Gasteiger partial charge in [-0.25, -0.2) is 12.7 Å². The summed E-state index contributed by atoms with van der Waals surface area (Å²) in [6.07, 6.45) is 2.02. The largest absolute Gasteiger partial charge is 0.332 e. The van der Waals surface area contributed by atoms with Crippen LogP contribution in [0, 0.1) is 0 Å². The Morgan fingerprint density at radius 2 is 1.67 bits per heavy atom. The Morgan fingerprint density at radius 1 is 1.04 bits per heavy atom. The molecule has 128 valence electrons. The number of hydrogen-bond acceptors (Lipinski definition) is 4. The molecule has 2 rings (SSSR count). The molecule has 8 heteroatoms. The number of nitrogens with zero attached hydrogens (tertiary/aromatic N) is 1. The Labute approximate surface area is 152 Å². The first-order valence-corrected chi connectivity index (χ1v) is 10.1. The highest BCUT2D eigenvalue weighted by Crippen LogP contribution is 2.19. The van der Waals surface area contributed by atoms with Crippen molar-refractivity contribution in [2.45, 2.75) is 9.79 Å². The number of nitrogens with one attached hydrogen (secondary N) is 2. The number of thioether (sulfide) groups is 1. The van der Waals surface area contributed by atoms with Crippen LogP contribution in [0.4, 0.5) is 11.4 Å². The molecule has 0 aromatic heterocycles. The van der Waals surface area contributed by atoms with Gasteiger partial charge in [0.1, 0.15) is 0 Å². The summed E-state index contributed by atoms with van der Waals surface area (Å²) in [5.41, 5.74) is 1.47. The maximum absolute atomic E-state index is 12.2.